The Morgan fingerprint density at radius 2 is 0.568 bits per heavy atom. The summed E-state index contributed by atoms with van der Waals surface area (Å²) in [6.07, 6.45) is 36.3. The van der Waals surface area contributed by atoms with Crippen LogP contribution >= 0.6 is 15.6 Å². The first kappa shape index (κ1) is 79.1. The van der Waals surface area contributed by atoms with Gasteiger partial charge in [0.05, 0.1) is 26.4 Å². The monoisotopic (exact) mass is 1200 g/mol. The van der Waals surface area contributed by atoms with E-state index >= 15 is 0 Å². The molecule has 0 amide bonds. The summed E-state index contributed by atoms with van der Waals surface area (Å²) in [6, 6.07) is 0. The van der Waals surface area contributed by atoms with E-state index in [4.69, 9.17) is 37.0 Å². The molecule has 0 saturated carbocycles. The van der Waals surface area contributed by atoms with Gasteiger partial charge in [-0.3, -0.25) is 37.3 Å². The van der Waals surface area contributed by atoms with Gasteiger partial charge < -0.3 is 33.8 Å². The van der Waals surface area contributed by atoms with Gasteiger partial charge in [0.1, 0.15) is 19.3 Å². The number of phosphoric ester groups is 2. The van der Waals surface area contributed by atoms with E-state index in [-0.39, 0.29) is 25.7 Å². The summed E-state index contributed by atoms with van der Waals surface area (Å²) in [7, 11) is -9.88. The molecule has 0 aromatic carbocycles. The van der Waals surface area contributed by atoms with Gasteiger partial charge in [0.15, 0.2) is 12.2 Å². The predicted octanol–water partition coefficient (Wildman–Crippen LogP) is 16.9. The summed E-state index contributed by atoms with van der Waals surface area (Å²) in [4.78, 5) is 72.0. The molecule has 3 N–H and O–H groups in total. The molecular weight excluding hydrogens is 1080 g/mol. The lowest BCUT2D eigenvalue weighted by Gasteiger charge is -2.21. The van der Waals surface area contributed by atoms with Crippen LogP contribution in [0.3, 0.4) is 0 Å². The van der Waals surface area contributed by atoms with Crippen molar-refractivity contribution in [1.82, 2.24) is 0 Å². The lowest BCUT2D eigenvalue weighted by molar-refractivity contribution is -0.161. The summed E-state index contributed by atoms with van der Waals surface area (Å²) >= 11 is 0. The molecule has 19 heteroatoms. The van der Waals surface area contributed by atoms with E-state index in [9.17, 15) is 43.2 Å². The molecule has 0 bridgehead atoms. The summed E-state index contributed by atoms with van der Waals surface area (Å²) in [5.74, 6) is -0.696. The Morgan fingerprint density at radius 3 is 0.840 bits per heavy atom. The number of aliphatic hydroxyl groups excluding tert-OH is 1. The smallest absolute Gasteiger partial charge is 0.462 e. The Morgan fingerprint density at radius 1 is 0.333 bits per heavy atom. The van der Waals surface area contributed by atoms with Crippen molar-refractivity contribution in [2.75, 3.05) is 39.6 Å². The first-order chi connectivity index (χ1) is 38.9. The van der Waals surface area contributed by atoms with Crippen molar-refractivity contribution >= 4 is 39.5 Å². The zero-order valence-electron chi connectivity index (χ0n) is 52.1. The number of aliphatic hydroxyl groups is 1. The molecule has 0 heterocycles. The molecule has 2 unspecified atom stereocenters. The number of unbranched alkanes of at least 4 members (excludes halogenated alkanes) is 31. The highest BCUT2D eigenvalue weighted by molar-refractivity contribution is 7.47. The first-order valence-electron chi connectivity index (χ1n) is 32.5. The van der Waals surface area contributed by atoms with Crippen LogP contribution in [-0.2, 0) is 65.4 Å². The fraction of sp³-hybridized carbons (Fsp3) is 0.935. The van der Waals surface area contributed by atoms with Crippen molar-refractivity contribution in [3.8, 4) is 0 Å². The van der Waals surface area contributed by atoms with Crippen LogP contribution < -0.4 is 0 Å². The normalized spacial score (nSPS) is 14.4. The molecule has 0 aromatic rings. The van der Waals surface area contributed by atoms with Crippen LogP contribution in [0.4, 0.5) is 0 Å². The standard InChI is InChI=1S/C62H120O17P2/c1-7-9-11-13-15-16-17-18-19-28-34-40-46-61(66)78-58(51-73-60(65)45-39-33-27-22-20-25-30-36-42-54(3)4)53-77-81(70,71)75-49-56(63)48-74-80(68,69)76-52-57(50-72-59(64)44-38-32-24-14-12-10-8-2)79-62(67)47-41-35-29-23-21-26-31-37-43-55(5)6/h54-58,63H,7-53H2,1-6H3,(H,68,69)(H,70,71)/t56-,57+,58+/m0/s1. The van der Waals surface area contributed by atoms with Gasteiger partial charge in [0.25, 0.3) is 0 Å². The fourth-order valence-corrected chi connectivity index (χ4v) is 10.8. The number of hydrogen-bond acceptors (Lipinski definition) is 15. The van der Waals surface area contributed by atoms with Crippen LogP contribution in [0.15, 0.2) is 0 Å². The van der Waals surface area contributed by atoms with Crippen molar-refractivity contribution in [2.24, 2.45) is 11.8 Å². The van der Waals surface area contributed by atoms with Crippen LogP contribution in [0.5, 0.6) is 0 Å². The molecule has 81 heavy (non-hydrogen) atoms. The maximum Gasteiger partial charge on any atom is 0.472 e. The molecule has 0 rings (SSSR count). The Bertz CT molecular complexity index is 1600. The Balaban J connectivity index is 5.22. The van der Waals surface area contributed by atoms with E-state index in [1.165, 1.54) is 109 Å². The first-order valence-corrected chi connectivity index (χ1v) is 35.5. The van der Waals surface area contributed by atoms with Crippen molar-refractivity contribution in [3.05, 3.63) is 0 Å². The van der Waals surface area contributed by atoms with Gasteiger partial charge >= 0.3 is 39.5 Å². The summed E-state index contributed by atoms with van der Waals surface area (Å²) < 4.78 is 67.8. The van der Waals surface area contributed by atoms with Gasteiger partial charge in [-0.1, -0.05) is 253 Å². The minimum atomic E-state index is -4.94. The molecule has 0 aliphatic heterocycles. The quantitative estimate of drug-likeness (QED) is 0.0222. The van der Waals surface area contributed by atoms with Crippen LogP contribution in [0.25, 0.3) is 0 Å². The van der Waals surface area contributed by atoms with Crippen LogP contribution in [0, 0.1) is 11.8 Å². The van der Waals surface area contributed by atoms with Crippen molar-refractivity contribution < 1.29 is 80.2 Å². The van der Waals surface area contributed by atoms with Gasteiger partial charge in [-0.05, 0) is 37.5 Å². The highest BCUT2D eigenvalue weighted by Gasteiger charge is 2.30. The largest absolute Gasteiger partial charge is 0.472 e. The number of hydrogen-bond donors (Lipinski definition) is 3. The van der Waals surface area contributed by atoms with Crippen LogP contribution in [-0.4, -0.2) is 96.7 Å². The molecule has 0 spiro atoms. The Kier molecular flexibility index (Phi) is 53.4. The third-order valence-electron chi connectivity index (χ3n) is 14.2. The lowest BCUT2D eigenvalue weighted by atomic mass is 10.0. The minimum Gasteiger partial charge on any atom is -0.462 e. The average Bonchev–Trinajstić information content (AvgIpc) is 3.42. The van der Waals surface area contributed by atoms with Crippen LogP contribution in [0.1, 0.15) is 305 Å². The molecule has 5 atom stereocenters. The van der Waals surface area contributed by atoms with Gasteiger partial charge in [-0.15, -0.1) is 0 Å². The Labute approximate surface area is 492 Å². The van der Waals surface area contributed by atoms with Crippen molar-refractivity contribution in [1.29, 1.82) is 0 Å². The third-order valence-corrected chi connectivity index (χ3v) is 16.1. The van der Waals surface area contributed by atoms with Gasteiger partial charge in [-0.2, -0.15) is 0 Å². The van der Waals surface area contributed by atoms with Crippen molar-refractivity contribution in [3.63, 3.8) is 0 Å². The van der Waals surface area contributed by atoms with E-state index in [0.29, 0.717) is 25.7 Å². The average molecular weight is 1200 g/mol. The summed E-state index contributed by atoms with van der Waals surface area (Å²) in [6.45, 7) is 9.36. The predicted molar refractivity (Wildman–Crippen MR) is 321 cm³/mol. The molecule has 480 valence electrons. The van der Waals surface area contributed by atoms with Gasteiger partial charge in [-0.25, -0.2) is 9.13 Å². The summed E-state index contributed by atoms with van der Waals surface area (Å²) in [5.41, 5.74) is 0. The lowest BCUT2D eigenvalue weighted by Crippen LogP contribution is -2.30. The van der Waals surface area contributed by atoms with E-state index < -0.39 is 97.5 Å². The fourth-order valence-electron chi connectivity index (χ4n) is 9.18. The van der Waals surface area contributed by atoms with E-state index in [1.54, 1.807) is 0 Å². The number of phosphoric acid groups is 2. The highest BCUT2D eigenvalue weighted by atomic mass is 31.2. The maximum absolute atomic E-state index is 12.9. The minimum absolute atomic E-state index is 0.104. The molecule has 0 aliphatic rings. The zero-order valence-corrected chi connectivity index (χ0v) is 53.9. The maximum atomic E-state index is 12.9. The number of esters is 4. The zero-order chi connectivity index (χ0) is 60.1. The molecule has 0 aromatic heterocycles. The molecule has 0 fully saturated rings. The second-order valence-electron chi connectivity index (χ2n) is 23.4. The second-order valence-corrected chi connectivity index (χ2v) is 26.3. The van der Waals surface area contributed by atoms with E-state index in [1.807, 2.05) is 0 Å². The second kappa shape index (κ2) is 54.7. The number of carbonyl (C=O) groups is 4. The van der Waals surface area contributed by atoms with E-state index in [0.717, 1.165) is 115 Å². The molecule has 0 aliphatic carbocycles. The third kappa shape index (κ3) is 56.9. The topological polar surface area (TPSA) is 237 Å². The number of carbonyl (C=O) groups excluding carboxylic acids is 4. The highest BCUT2D eigenvalue weighted by Crippen LogP contribution is 2.45. The van der Waals surface area contributed by atoms with Gasteiger partial charge in [0.2, 0.25) is 0 Å². The summed E-state index contributed by atoms with van der Waals surface area (Å²) in [5, 5.41) is 10.5. The van der Waals surface area contributed by atoms with Crippen molar-refractivity contribution in [2.45, 2.75) is 323 Å². The molecule has 0 radical (unpaired) electrons. The molecule has 17 nitrogen and oxygen atoms in total. The molecular formula is C62H120O17P2. The number of ether oxygens (including phenoxy) is 4. The Hall–Kier alpha value is -1.94. The van der Waals surface area contributed by atoms with E-state index in [2.05, 4.69) is 41.5 Å². The SMILES string of the molecule is CCCCCCCCCCCCCCC(=O)O[C@H](COC(=O)CCCCCCCCCCC(C)C)COP(=O)(O)OC[C@@H](O)COP(=O)(O)OC[C@@H](COC(=O)CCCCCCCCC)OC(=O)CCCCCCCCCCC(C)C. The molecule has 0 saturated heterocycles. The van der Waals surface area contributed by atoms with Gasteiger partial charge in [0, 0.05) is 25.7 Å². The van der Waals surface area contributed by atoms with Crippen LogP contribution in [0.2, 0.25) is 0 Å². The number of rotatable bonds is 61.